The number of halogens is 2. The van der Waals surface area contributed by atoms with Crippen molar-refractivity contribution in [3.8, 4) is 0 Å². The highest BCUT2D eigenvalue weighted by Crippen LogP contribution is 2.29. The Morgan fingerprint density at radius 1 is 0.471 bits per heavy atom. The summed E-state index contributed by atoms with van der Waals surface area (Å²) >= 11 is 7.74. The van der Waals surface area contributed by atoms with Crippen LogP contribution in [-0.2, 0) is 12.8 Å². The zero-order valence-corrected chi connectivity index (χ0v) is 26.7. The fraction of sp³-hybridized carbons (Fsp3) is 0.800. The highest BCUT2D eigenvalue weighted by Gasteiger charge is 2.20. The maximum Gasteiger partial charge on any atom is 0.0786 e. The Balaban J connectivity index is 2.35. The molecule has 1 aromatic rings. The van der Waals surface area contributed by atoms with Gasteiger partial charge in [-0.15, -0.1) is 0 Å². The van der Waals surface area contributed by atoms with Crippen LogP contribution in [0.3, 0.4) is 0 Å². The molecule has 0 N–H and O–H groups in total. The summed E-state index contributed by atoms with van der Waals surface area (Å²) in [5, 5.41) is 0. The molecule has 198 valence electrons. The maximum atomic E-state index is 3.87. The van der Waals surface area contributed by atoms with Crippen molar-refractivity contribution in [3.05, 3.63) is 32.2 Å². The molecule has 0 heterocycles. The smallest absolute Gasteiger partial charge is 0.0786 e. The summed E-state index contributed by atoms with van der Waals surface area (Å²) in [6, 6.07) is 4.75. The number of aryl methyl sites for hydroxylation is 2. The second-order valence-corrected chi connectivity index (χ2v) is 12.1. The Morgan fingerprint density at radius 3 is 1.06 bits per heavy atom. The zero-order chi connectivity index (χ0) is 25.5. The number of unbranched alkanes of at least 4 members (excludes halogenated alkanes) is 6. The number of quaternary nitrogens is 2. The fourth-order valence-electron chi connectivity index (χ4n) is 5.54. The number of hydrogen-bond acceptors (Lipinski definition) is 0. The van der Waals surface area contributed by atoms with Gasteiger partial charge in [-0.2, -0.15) is 0 Å². The molecule has 0 bridgehead atoms. The van der Waals surface area contributed by atoms with E-state index in [4.69, 9.17) is 0 Å². The van der Waals surface area contributed by atoms with Crippen molar-refractivity contribution >= 4 is 31.9 Å². The minimum Gasteiger partial charge on any atom is -0.324 e. The van der Waals surface area contributed by atoms with Gasteiger partial charge in [0.15, 0.2) is 0 Å². The van der Waals surface area contributed by atoms with E-state index in [2.05, 4.69) is 85.5 Å². The Labute approximate surface area is 230 Å². The molecule has 0 atom stereocenters. The van der Waals surface area contributed by atoms with Gasteiger partial charge in [0.25, 0.3) is 0 Å². The number of benzene rings is 1. The van der Waals surface area contributed by atoms with Crippen LogP contribution in [-0.4, -0.2) is 61.3 Å². The molecule has 1 rings (SSSR count). The Bertz CT molecular complexity index is 592. The van der Waals surface area contributed by atoms with E-state index in [-0.39, 0.29) is 0 Å². The first kappa shape index (κ1) is 32.1. The van der Waals surface area contributed by atoms with Crippen molar-refractivity contribution in [3.63, 3.8) is 0 Å². The normalized spacial score (nSPS) is 12.5. The standard InChI is InChI=1S/C30H56Br2N2/c1-7-33(8-2,9-3)23-19-15-13-17-21-27-25-30(32)28(26-29(27)31)22-18-14-16-20-24-34(10-4,11-5)12-6/h25-26H,7-24H2,1-6H3/q+2. The molecule has 0 unspecified atom stereocenters. The molecule has 2 nitrogen and oxygen atoms in total. The van der Waals surface area contributed by atoms with Gasteiger partial charge in [-0.25, -0.2) is 0 Å². The average Bonchev–Trinajstić information content (AvgIpc) is 2.86. The van der Waals surface area contributed by atoms with Crippen molar-refractivity contribution in [2.75, 3.05) is 52.4 Å². The van der Waals surface area contributed by atoms with E-state index in [9.17, 15) is 0 Å². The van der Waals surface area contributed by atoms with Crippen LogP contribution in [0.2, 0.25) is 0 Å². The Hall–Kier alpha value is 0.1000. The van der Waals surface area contributed by atoms with Crippen molar-refractivity contribution in [1.82, 2.24) is 0 Å². The molecule has 34 heavy (non-hydrogen) atoms. The molecular formula is C30H56Br2N2+2. The molecule has 0 amide bonds. The molecule has 0 aromatic heterocycles. The van der Waals surface area contributed by atoms with E-state index in [1.807, 2.05) is 0 Å². The topological polar surface area (TPSA) is 0 Å². The Morgan fingerprint density at radius 2 is 0.765 bits per heavy atom. The van der Waals surface area contributed by atoms with Gasteiger partial charge in [0.2, 0.25) is 0 Å². The summed E-state index contributed by atoms with van der Waals surface area (Å²) in [6.07, 6.45) is 13.1. The minimum atomic E-state index is 1.18. The van der Waals surface area contributed by atoms with Crippen molar-refractivity contribution in [1.29, 1.82) is 0 Å². The van der Waals surface area contributed by atoms with Gasteiger partial charge in [0.05, 0.1) is 52.4 Å². The van der Waals surface area contributed by atoms with Crippen LogP contribution < -0.4 is 0 Å². The molecular weight excluding hydrogens is 548 g/mol. The number of hydrogen-bond donors (Lipinski definition) is 0. The first-order chi connectivity index (χ1) is 16.3. The maximum absolute atomic E-state index is 3.87. The molecule has 0 aliphatic heterocycles. The van der Waals surface area contributed by atoms with Gasteiger partial charge in [-0.3, -0.25) is 0 Å². The van der Waals surface area contributed by atoms with Gasteiger partial charge in [0, 0.05) is 8.95 Å². The van der Waals surface area contributed by atoms with E-state index in [1.165, 1.54) is 146 Å². The summed E-state index contributed by atoms with van der Waals surface area (Å²) in [5.74, 6) is 0. The molecule has 0 aliphatic carbocycles. The second kappa shape index (κ2) is 17.5. The van der Waals surface area contributed by atoms with Crippen LogP contribution in [0.1, 0.15) is 104 Å². The van der Waals surface area contributed by atoms with Crippen LogP contribution in [0.25, 0.3) is 0 Å². The average molecular weight is 605 g/mol. The van der Waals surface area contributed by atoms with Gasteiger partial charge in [0.1, 0.15) is 0 Å². The predicted octanol–water partition coefficient (Wildman–Crippen LogP) is 9.17. The van der Waals surface area contributed by atoms with Crippen molar-refractivity contribution < 1.29 is 8.97 Å². The van der Waals surface area contributed by atoms with Gasteiger partial charge < -0.3 is 8.97 Å². The van der Waals surface area contributed by atoms with Crippen LogP contribution in [0.5, 0.6) is 0 Å². The SMILES string of the molecule is CC[N+](CC)(CC)CCCCCCc1cc(Br)c(CCCCCC[N+](CC)(CC)CC)cc1Br. The lowest BCUT2D eigenvalue weighted by molar-refractivity contribution is -0.923. The van der Waals surface area contributed by atoms with Crippen molar-refractivity contribution in [2.24, 2.45) is 0 Å². The monoisotopic (exact) mass is 602 g/mol. The summed E-state index contributed by atoms with van der Waals surface area (Å²) in [6.45, 7) is 24.4. The van der Waals surface area contributed by atoms with Crippen LogP contribution in [0.4, 0.5) is 0 Å². The molecule has 0 saturated carbocycles. The molecule has 0 radical (unpaired) electrons. The van der Waals surface area contributed by atoms with Gasteiger partial charge in [-0.05, 0) is 116 Å². The van der Waals surface area contributed by atoms with E-state index < -0.39 is 0 Å². The highest BCUT2D eigenvalue weighted by atomic mass is 79.9. The third-order valence-electron chi connectivity index (χ3n) is 8.90. The molecule has 4 heteroatoms. The van der Waals surface area contributed by atoms with E-state index in [0.717, 1.165) is 0 Å². The largest absolute Gasteiger partial charge is 0.324 e. The van der Waals surface area contributed by atoms with E-state index >= 15 is 0 Å². The zero-order valence-electron chi connectivity index (χ0n) is 23.5. The summed E-state index contributed by atoms with van der Waals surface area (Å²) in [7, 11) is 0. The first-order valence-corrected chi connectivity index (χ1v) is 16.1. The minimum absolute atomic E-state index is 1.18. The first-order valence-electron chi connectivity index (χ1n) is 14.5. The number of rotatable bonds is 20. The second-order valence-electron chi connectivity index (χ2n) is 10.4. The molecule has 0 aliphatic rings. The van der Waals surface area contributed by atoms with Crippen molar-refractivity contribution in [2.45, 2.75) is 106 Å². The molecule has 0 fully saturated rings. The van der Waals surface area contributed by atoms with Crippen LogP contribution >= 0.6 is 31.9 Å². The molecule has 0 spiro atoms. The van der Waals surface area contributed by atoms with Crippen LogP contribution in [0.15, 0.2) is 21.1 Å². The third kappa shape index (κ3) is 10.6. The molecule has 0 saturated heterocycles. The quantitative estimate of drug-likeness (QED) is 0.103. The van der Waals surface area contributed by atoms with E-state index in [0.29, 0.717) is 0 Å². The lowest BCUT2D eigenvalue weighted by Gasteiger charge is -2.35. The van der Waals surface area contributed by atoms with Crippen LogP contribution in [0, 0.1) is 0 Å². The fourth-order valence-corrected chi connectivity index (χ4v) is 6.71. The molecule has 1 aromatic carbocycles. The lowest BCUT2D eigenvalue weighted by Crippen LogP contribution is -2.48. The summed E-state index contributed by atoms with van der Waals surface area (Å²) in [4.78, 5) is 0. The summed E-state index contributed by atoms with van der Waals surface area (Å²) < 4.78 is 5.19. The van der Waals surface area contributed by atoms with E-state index in [1.54, 1.807) is 0 Å². The van der Waals surface area contributed by atoms with Gasteiger partial charge >= 0.3 is 0 Å². The highest BCUT2D eigenvalue weighted by molar-refractivity contribution is 9.11. The number of nitrogens with zero attached hydrogens (tertiary/aromatic N) is 2. The lowest BCUT2D eigenvalue weighted by atomic mass is 10.0. The third-order valence-corrected chi connectivity index (χ3v) is 10.4. The Kier molecular flexibility index (Phi) is 16.6. The predicted molar refractivity (Wildman–Crippen MR) is 160 cm³/mol. The van der Waals surface area contributed by atoms with Gasteiger partial charge in [-0.1, -0.05) is 44.7 Å². The summed E-state index contributed by atoms with van der Waals surface area (Å²) in [5.41, 5.74) is 2.92.